The lowest BCUT2D eigenvalue weighted by Gasteiger charge is -2.31. The smallest absolute Gasteiger partial charge is 0.293 e. The molecule has 0 aromatic heterocycles. The van der Waals surface area contributed by atoms with Gasteiger partial charge < -0.3 is 20.1 Å². The van der Waals surface area contributed by atoms with Crippen LogP contribution in [0, 0.1) is 33.5 Å². The monoisotopic (exact) mass is 413 g/mol. The number of carbonyl (C=O) groups is 1. The van der Waals surface area contributed by atoms with Crippen LogP contribution in [0.1, 0.15) is 11.1 Å². The minimum atomic E-state index is -1.88. The first-order valence-corrected chi connectivity index (χ1v) is 9.72. The molecule has 1 amide bonds. The summed E-state index contributed by atoms with van der Waals surface area (Å²) in [7, 11) is 2.65. The molecular weight excluding hydrogens is 394 g/mol. The highest BCUT2D eigenvalue weighted by Crippen LogP contribution is 2.87. The third kappa shape index (κ3) is 1.67. The summed E-state index contributed by atoms with van der Waals surface area (Å²) < 4.78 is 11.1. The van der Waals surface area contributed by atoms with Gasteiger partial charge in [-0.3, -0.25) is 4.79 Å². The number of amides is 1. The third-order valence-electron chi connectivity index (χ3n) is 6.99. The van der Waals surface area contributed by atoms with Crippen molar-refractivity contribution in [3.05, 3.63) is 65.7 Å². The number of carbonyl (C=O) groups excluding carboxylic acids is 1. The van der Waals surface area contributed by atoms with Gasteiger partial charge in [0, 0.05) is 19.9 Å². The first-order valence-electron chi connectivity index (χ1n) is 9.72. The Balaban J connectivity index is 1.79. The Bertz CT molecular complexity index is 1230. The van der Waals surface area contributed by atoms with Gasteiger partial charge in [-0.05, 0) is 17.2 Å². The Morgan fingerprint density at radius 2 is 1.68 bits per heavy atom. The van der Waals surface area contributed by atoms with E-state index in [0.29, 0.717) is 11.3 Å². The molecule has 1 aliphatic carbocycles. The number of benzene rings is 2. The average Bonchev–Trinajstić information content (AvgIpc) is 3.21. The number of nitrogens with zero attached hydrogens (tertiary/aromatic N) is 4. The zero-order valence-corrected chi connectivity index (χ0v) is 17.0. The zero-order chi connectivity index (χ0) is 22.1. The molecule has 2 aliphatic heterocycles. The van der Waals surface area contributed by atoms with E-state index in [-0.39, 0.29) is 12.4 Å². The first kappa shape index (κ1) is 19.3. The molecular formula is C23H19N5O3. The van der Waals surface area contributed by atoms with Crippen LogP contribution in [0.3, 0.4) is 0 Å². The Labute approximate surface area is 179 Å². The predicted molar refractivity (Wildman–Crippen MR) is 110 cm³/mol. The number of rotatable bonds is 4. The summed E-state index contributed by atoms with van der Waals surface area (Å²) in [5, 5.41) is 20.8. The van der Waals surface area contributed by atoms with Crippen molar-refractivity contribution in [3.8, 4) is 12.1 Å². The van der Waals surface area contributed by atoms with Crippen LogP contribution in [-0.4, -0.2) is 31.9 Å². The molecule has 3 aliphatic rings. The molecule has 1 spiro atoms. The number of nitrogens with two attached hydrogens (primary N) is 1. The van der Waals surface area contributed by atoms with Crippen molar-refractivity contribution in [2.45, 2.75) is 17.9 Å². The van der Waals surface area contributed by atoms with E-state index < -0.39 is 28.1 Å². The molecule has 1 fully saturated rings. The van der Waals surface area contributed by atoms with E-state index in [0.717, 1.165) is 5.56 Å². The molecule has 8 nitrogen and oxygen atoms in total. The van der Waals surface area contributed by atoms with E-state index in [1.165, 1.54) is 14.2 Å². The maximum Gasteiger partial charge on any atom is 0.293 e. The number of aliphatic imine (C=N–C) groups is 1. The number of methoxy groups -OCH3 is 2. The second kappa shape index (κ2) is 5.92. The molecule has 0 bridgehead atoms. The Hall–Kier alpha value is -3.72. The maximum atomic E-state index is 14.2. The van der Waals surface area contributed by atoms with Crippen LogP contribution in [0.25, 0.3) is 0 Å². The fourth-order valence-corrected chi connectivity index (χ4v) is 5.79. The zero-order valence-electron chi connectivity index (χ0n) is 17.0. The van der Waals surface area contributed by atoms with Gasteiger partial charge in [0.05, 0.1) is 18.7 Å². The summed E-state index contributed by atoms with van der Waals surface area (Å²) >= 11 is 0. The fraction of sp³-hybridized carbons (Fsp3) is 0.304. The number of para-hydroxylation sites is 1. The van der Waals surface area contributed by atoms with Crippen LogP contribution >= 0.6 is 0 Å². The Morgan fingerprint density at radius 3 is 2.29 bits per heavy atom. The van der Waals surface area contributed by atoms with Crippen LogP contribution in [0.2, 0.25) is 0 Å². The minimum Gasteiger partial charge on any atom is -0.386 e. The molecule has 2 heterocycles. The van der Waals surface area contributed by atoms with Crippen LogP contribution < -0.4 is 10.6 Å². The highest BCUT2D eigenvalue weighted by molar-refractivity contribution is 6.21. The van der Waals surface area contributed by atoms with Crippen LogP contribution in [0.5, 0.6) is 0 Å². The normalized spacial score (nSPS) is 31.5. The molecule has 2 aromatic carbocycles. The van der Waals surface area contributed by atoms with Crippen molar-refractivity contribution in [1.29, 1.82) is 10.5 Å². The number of ether oxygens (including phenoxy) is 2. The van der Waals surface area contributed by atoms with Gasteiger partial charge in [-0.15, -0.1) is 0 Å². The molecule has 3 atom stereocenters. The van der Waals surface area contributed by atoms with Crippen molar-refractivity contribution in [1.82, 2.24) is 0 Å². The largest absolute Gasteiger partial charge is 0.386 e. The quantitative estimate of drug-likeness (QED) is 0.763. The molecule has 1 saturated carbocycles. The molecule has 2 aromatic rings. The molecule has 0 radical (unpaired) electrons. The number of hydrogen-bond donors (Lipinski definition) is 1. The van der Waals surface area contributed by atoms with Gasteiger partial charge in [0.1, 0.15) is 11.3 Å². The van der Waals surface area contributed by atoms with Gasteiger partial charge in [0.25, 0.3) is 5.91 Å². The minimum absolute atomic E-state index is 0.134. The van der Waals surface area contributed by atoms with Gasteiger partial charge in [-0.1, -0.05) is 48.5 Å². The lowest BCUT2D eigenvalue weighted by atomic mass is 9.84. The number of fused-ring (bicyclic) bond motifs is 5. The third-order valence-corrected chi connectivity index (χ3v) is 6.99. The second-order valence-corrected chi connectivity index (χ2v) is 7.85. The topological polar surface area (TPSA) is 125 Å². The van der Waals surface area contributed by atoms with Gasteiger partial charge in [0.15, 0.2) is 10.8 Å². The molecule has 0 saturated heterocycles. The van der Waals surface area contributed by atoms with E-state index in [9.17, 15) is 15.3 Å². The second-order valence-electron chi connectivity index (χ2n) is 7.85. The van der Waals surface area contributed by atoms with Crippen LogP contribution in [-0.2, 0) is 26.2 Å². The molecule has 2 N–H and O–H groups in total. The number of nitriles is 2. The van der Waals surface area contributed by atoms with Crippen molar-refractivity contribution in [2.24, 2.45) is 21.6 Å². The summed E-state index contributed by atoms with van der Waals surface area (Å²) in [6.45, 7) is 0.283. The van der Waals surface area contributed by atoms with Crippen molar-refractivity contribution in [3.63, 3.8) is 0 Å². The van der Waals surface area contributed by atoms with E-state index in [4.69, 9.17) is 15.2 Å². The fourth-order valence-electron chi connectivity index (χ4n) is 5.79. The summed E-state index contributed by atoms with van der Waals surface area (Å²) in [5.74, 6) is -2.41. The van der Waals surface area contributed by atoms with E-state index >= 15 is 0 Å². The number of hydrogen-bond acceptors (Lipinski definition) is 7. The van der Waals surface area contributed by atoms with Crippen LogP contribution in [0.4, 0.5) is 5.69 Å². The summed E-state index contributed by atoms with van der Waals surface area (Å²) in [6, 6.07) is 21.1. The molecule has 0 unspecified atom stereocenters. The highest BCUT2D eigenvalue weighted by atomic mass is 16.7. The standard InChI is InChI=1S/C23H19N5O3/c1-30-23(31-2)21(14-25)20(13-24,18(26)27-23)22(21)16-10-6-7-11-17(16)28(19(22)29)12-15-8-4-3-5-9-15/h3-11H,12H2,1-2H3,(H2,26,27)/t20-,21-,22-/m0/s1. The molecule has 154 valence electrons. The number of amidine groups is 1. The summed E-state index contributed by atoms with van der Waals surface area (Å²) in [6.07, 6.45) is 0. The van der Waals surface area contributed by atoms with Crippen molar-refractivity contribution >= 4 is 17.4 Å². The lowest BCUT2D eigenvalue weighted by Crippen LogP contribution is -2.48. The summed E-state index contributed by atoms with van der Waals surface area (Å²) in [5.41, 5.74) is 3.29. The highest BCUT2D eigenvalue weighted by Gasteiger charge is 3.05. The van der Waals surface area contributed by atoms with E-state index in [1.807, 2.05) is 42.5 Å². The molecule has 5 rings (SSSR count). The average molecular weight is 413 g/mol. The van der Waals surface area contributed by atoms with Gasteiger partial charge >= 0.3 is 0 Å². The van der Waals surface area contributed by atoms with E-state index in [2.05, 4.69) is 17.1 Å². The Morgan fingerprint density at radius 1 is 1.03 bits per heavy atom. The van der Waals surface area contributed by atoms with Crippen molar-refractivity contribution < 1.29 is 14.3 Å². The predicted octanol–water partition coefficient (Wildman–Crippen LogP) is 1.82. The maximum absolute atomic E-state index is 14.2. The van der Waals surface area contributed by atoms with Crippen molar-refractivity contribution in [2.75, 3.05) is 19.1 Å². The molecule has 31 heavy (non-hydrogen) atoms. The van der Waals surface area contributed by atoms with Gasteiger partial charge in [-0.2, -0.15) is 10.5 Å². The lowest BCUT2D eigenvalue weighted by molar-refractivity contribution is -0.233. The van der Waals surface area contributed by atoms with Gasteiger partial charge in [-0.25, -0.2) is 4.99 Å². The Kier molecular flexibility index (Phi) is 3.67. The molecule has 8 heteroatoms. The first-order chi connectivity index (χ1) is 15.0. The number of anilines is 1. The SMILES string of the molecule is COC1(OC)N=C(N)[C@]2(C#N)[C@]3(C(=O)N(Cc4ccccc4)c4ccccc43)[C@@]12C#N. The van der Waals surface area contributed by atoms with Gasteiger partial charge in [0.2, 0.25) is 5.91 Å². The van der Waals surface area contributed by atoms with E-state index in [1.54, 1.807) is 17.0 Å². The van der Waals surface area contributed by atoms with Crippen LogP contribution in [0.15, 0.2) is 59.6 Å². The summed E-state index contributed by atoms with van der Waals surface area (Å²) in [4.78, 5) is 20.0.